The van der Waals surface area contributed by atoms with Crippen LogP contribution in [0.3, 0.4) is 0 Å². The van der Waals surface area contributed by atoms with E-state index in [1.54, 1.807) is 0 Å². The number of rotatable bonds is 8. The van der Waals surface area contributed by atoms with Gasteiger partial charge in [0.15, 0.2) is 5.11 Å². The summed E-state index contributed by atoms with van der Waals surface area (Å²) in [6.45, 7) is 5.92. The topological polar surface area (TPSA) is 34.3 Å². The van der Waals surface area contributed by atoms with Gasteiger partial charge in [-0.3, -0.25) is 4.90 Å². The molecule has 0 aliphatic carbocycles. The highest BCUT2D eigenvalue weighted by molar-refractivity contribution is 7.80. The van der Waals surface area contributed by atoms with Gasteiger partial charge in [0.25, 0.3) is 0 Å². The largest absolute Gasteiger partial charge is 0.361 e. The van der Waals surface area contributed by atoms with E-state index in [-0.39, 0.29) is 0 Å². The lowest BCUT2D eigenvalue weighted by Gasteiger charge is -2.32. The average Bonchev–Trinajstić information content (AvgIpc) is 3.34. The summed E-state index contributed by atoms with van der Waals surface area (Å²) in [7, 11) is 0. The normalized spacial score (nSPS) is 14.7. The number of likely N-dealkylation sites (tertiary alicyclic amines) is 1. The molecule has 0 saturated carbocycles. The predicted octanol–water partition coefficient (Wildman–Crippen LogP) is 8.07. The lowest BCUT2D eigenvalue weighted by atomic mass is 9.89. The third-order valence-electron chi connectivity index (χ3n) is 7.30. The number of nitrogens with one attached hydrogen (secondary N) is 2. The molecule has 186 valence electrons. The van der Waals surface area contributed by atoms with Crippen LogP contribution in [0.1, 0.15) is 50.5 Å². The maximum atomic E-state index is 5.94. The summed E-state index contributed by atoms with van der Waals surface area (Å²) in [5.74, 6) is 0.594. The van der Waals surface area contributed by atoms with E-state index >= 15 is 0 Å². The third kappa shape index (κ3) is 5.63. The van der Waals surface area contributed by atoms with Gasteiger partial charge in [0.2, 0.25) is 0 Å². The summed E-state index contributed by atoms with van der Waals surface area (Å²) >= 11 is 5.94. The summed E-state index contributed by atoms with van der Waals surface area (Å²) in [6.07, 6.45) is 8.63. The van der Waals surface area contributed by atoms with Gasteiger partial charge in [0.05, 0.1) is 0 Å². The molecule has 2 heterocycles. The van der Waals surface area contributed by atoms with Crippen LogP contribution >= 0.6 is 12.2 Å². The van der Waals surface area contributed by atoms with Crippen molar-refractivity contribution in [1.29, 1.82) is 0 Å². The Morgan fingerprint density at radius 3 is 2.39 bits per heavy atom. The second kappa shape index (κ2) is 11.7. The first-order valence-electron chi connectivity index (χ1n) is 13.3. The van der Waals surface area contributed by atoms with Crippen LogP contribution in [0.25, 0.3) is 10.9 Å². The highest BCUT2D eigenvalue weighted by Crippen LogP contribution is 2.36. The average molecular weight is 497 g/mol. The molecule has 0 amide bonds. The molecule has 36 heavy (non-hydrogen) atoms. The Kier molecular flexibility index (Phi) is 7.99. The van der Waals surface area contributed by atoms with Crippen LogP contribution in [0.2, 0.25) is 0 Å². The van der Waals surface area contributed by atoms with Gasteiger partial charge in [0, 0.05) is 34.2 Å². The van der Waals surface area contributed by atoms with Crippen molar-refractivity contribution < 1.29 is 0 Å². The van der Waals surface area contributed by atoms with Crippen molar-refractivity contribution in [2.75, 3.05) is 29.9 Å². The molecule has 2 N–H and O–H groups in total. The maximum absolute atomic E-state index is 5.94. The molecule has 1 fully saturated rings. The Hall–Kier alpha value is -3.15. The van der Waals surface area contributed by atoms with Crippen LogP contribution < -0.4 is 10.2 Å². The van der Waals surface area contributed by atoms with E-state index in [0.717, 1.165) is 17.1 Å². The van der Waals surface area contributed by atoms with E-state index in [1.165, 1.54) is 68.2 Å². The van der Waals surface area contributed by atoms with Crippen LogP contribution in [-0.2, 0) is 0 Å². The van der Waals surface area contributed by atoms with Gasteiger partial charge in [-0.2, -0.15) is 0 Å². The highest BCUT2D eigenvalue weighted by Gasteiger charge is 2.23. The molecule has 1 aliphatic heterocycles. The van der Waals surface area contributed by atoms with E-state index in [9.17, 15) is 0 Å². The number of benzene rings is 3. The molecule has 1 aromatic heterocycles. The van der Waals surface area contributed by atoms with Gasteiger partial charge in [-0.25, -0.2) is 0 Å². The molecule has 0 bridgehead atoms. The zero-order valence-electron chi connectivity index (χ0n) is 21.1. The Labute approximate surface area is 220 Å². The fraction of sp³-hybridized carbons (Fsp3) is 0.323. The second-order valence-corrected chi connectivity index (χ2v) is 10.2. The van der Waals surface area contributed by atoms with E-state index in [1.807, 2.05) is 36.4 Å². The summed E-state index contributed by atoms with van der Waals surface area (Å²) in [5, 5.41) is 5.39. The van der Waals surface area contributed by atoms with Crippen molar-refractivity contribution in [1.82, 2.24) is 9.88 Å². The molecule has 0 unspecified atom stereocenters. The molecule has 0 radical (unpaired) electrons. The molecular weight excluding hydrogens is 460 g/mol. The zero-order valence-corrected chi connectivity index (χ0v) is 21.9. The molecular formula is C31H36N4S. The number of fused-ring (bicyclic) bond motifs is 1. The number of para-hydroxylation sites is 2. The molecule has 4 nitrogen and oxygen atoms in total. The maximum Gasteiger partial charge on any atom is 0.182 e. The molecule has 0 spiro atoms. The van der Waals surface area contributed by atoms with Crippen molar-refractivity contribution in [2.24, 2.45) is 0 Å². The SMILES string of the molecule is CCCCCN1CCC(c2c[nH]c3ccc(N(C(=S)Nc4ccccc4)c4ccccc4)cc23)CC1. The molecule has 5 rings (SSSR count). The van der Waals surface area contributed by atoms with E-state index in [4.69, 9.17) is 12.2 Å². The van der Waals surface area contributed by atoms with Gasteiger partial charge < -0.3 is 15.2 Å². The quantitative estimate of drug-likeness (QED) is 0.191. The van der Waals surface area contributed by atoms with Gasteiger partial charge >= 0.3 is 0 Å². The number of nitrogens with zero attached hydrogens (tertiary/aromatic N) is 2. The number of piperidine rings is 1. The molecule has 3 aromatic carbocycles. The summed E-state index contributed by atoms with van der Waals surface area (Å²) in [5.41, 5.74) is 5.73. The molecule has 5 heteroatoms. The van der Waals surface area contributed by atoms with Gasteiger partial charge in [-0.15, -0.1) is 0 Å². The van der Waals surface area contributed by atoms with Crippen LogP contribution in [0.5, 0.6) is 0 Å². The van der Waals surface area contributed by atoms with Crippen molar-refractivity contribution in [3.8, 4) is 0 Å². The number of unbranched alkanes of at least 4 members (excludes halogenated alkanes) is 2. The molecule has 1 aliphatic rings. The van der Waals surface area contributed by atoms with Crippen LogP contribution in [0.15, 0.2) is 85.1 Å². The highest BCUT2D eigenvalue weighted by atomic mass is 32.1. The minimum Gasteiger partial charge on any atom is -0.361 e. The monoisotopic (exact) mass is 496 g/mol. The Morgan fingerprint density at radius 2 is 1.67 bits per heavy atom. The van der Waals surface area contributed by atoms with E-state index in [2.05, 4.69) is 75.7 Å². The lowest BCUT2D eigenvalue weighted by Crippen LogP contribution is -2.33. The molecule has 4 aromatic rings. The van der Waals surface area contributed by atoms with Gasteiger partial charge in [0.1, 0.15) is 0 Å². The lowest BCUT2D eigenvalue weighted by molar-refractivity contribution is 0.209. The number of anilines is 3. The van der Waals surface area contributed by atoms with Crippen molar-refractivity contribution >= 4 is 45.3 Å². The predicted molar refractivity (Wildman–Crippen MR) is 157 cm³/mol. The number of aromatic amines is 1. The smallest absolute Gasteiger partial charge is 0.182 e. The summed E-state index contributed by atoms with van der Waals surface area (Å²) < 4.78 is 0. The zero-order chi connectivity index (χ0) is 24.7. The van der Waals surface area contributed by atoms with Crippen molar-refractivity contribution in [3.63, 3.8) is 0 Å². The second-order valence-electron chi connectivity index (χ2n) is 9.76. The Bertz CT molecular complexity index is 1260. The van der Waals surface area contributed by atoms with E-state index in [0.29, 0.717) is 11.0 Å². The van der Waals surface area contributed by atoms with Gasteiger partial charge in [-0.1, -0.05) is 56.2 Å². The standard InChI is InChI=1S/C31H36N4S/c1-2-3-10-19-34-20-17-24(18-21-34)29-23-32-30-16-15-27(22-28(29)30)35(26-13-8-5-9-14-26)31(36)33-25-11-6-4-7-12-25/h4-9,11-16,22-24,32H,2-3,10,17-21H2,1H3,(H,33,36). The van der Waals surface area contributed by atoms with Crippen molar-refractivity contribution in [2.45, 2.75) is 44.9 Å². The van der Waals surface area contributed by atoms with Crippen LogP contribution in [-0.4, -0.2) is 34.6 Å². The van der Waals surface area contributed by atoms with Crippen LogP contribution in [0.4, 0.5) is 17.1 Å². The molecule has 1 saturated heterocycles. The first-order chi connectivity index (χ1) is 17.7. The summed E-state index contributed by atoms with van der Waals surface area (Å²) in [4.78, 5) is 8.32. The Morgan fingerprint density at radius 1 is 0.944 bits per heavy atom. The fourth-order valence-corrected chi connectivity index (χ4v) is 5.65. The van der Waals surface area contributed by atoms with Gasteiger partial charge in [-0.05, 0) is 105 Å². The first-order valence-corrected chi connectivity index (χ1v) is 13.7. The number of aromatic nitrogens is 1. The minimum atomic E-state index is 0.594. The first kappa shape index (κ1) is 24.5. The number of hydrogen-bond acceptors (Lipinski definition) is 2. The van der Waals surface area contributed by atoms with E-state index < -0.39 is 0 Å². The molecule has 0 atom stereocenters. The number of hydrogen-bond donors (Lipinski definition) is 2. The number of thiocarbonyl (C=S) groups is 1. The van der Waals surface area contributed by atoms with Crippen LogP contribution in [0, 0.1) is 0 Å². The Balaban J connectivity index is 1.41. The third-order valence-corrected chi connectivity index (χ3v) is 7.59. The number of H-pyrrole nitrogens is 1. The summed E-state index contributed by atoms with van der Waals surface area (Å²) in [6, 6.07) is 27.2. The fourth-order valence-electron chi connectivity index (χ4n) is 5.32. The minimum absolute atomic E-state index is 0.594. The van der Waals surface area contributed by atoms with Crippen molar-refractivity contribution in [3.05, 3.63) is 90.6 Å².